The summed E-state index contributed by atoms with van der Waals surface area (Å²) in [6.45, 7) is 2.03. The molecular formula is C24H34ClNO3. The highest BCUT2D eigenvalue weighted by molar-refractivity contribution is 5.85. The van der Waals surface area contributed by atoms with Crippen molar-refractivity contribution in [3.63, 3.8) is 0 Å². The maximum absolute atomic E-state index is 6.14. The van der Waals surface area contributed by atoms with Crippen LogP contribution in [-0.2, 0) is 12.8 Å². The molecule has 1 saturated heterocycles. The molecule has 1 fully saturated rings. The van der Waals surface area contributed by atoms with Crippen molar-refractivity contribution in [2.75, 3.05) is 34.4 Å². The van der Waals surface area contributed by atoms with Crippen molar-refractivity contribution in [1.82, 2.24) is 4.90 Å². The number of benzene rings is 2. The molecule has 1 aliphatic heterocycles. The summed E-state index contributed by atoms with van der Waals surface area (Å²) in [5, 5.41) is 0. The Kier molecular flexibility index (Phi) is 9.62. The average Bonchev–Trinajstić information content (AvgIpc) is 3.14. The number of hydrogen-bond acceptors (Lipinski definition) is 4. The molecule has 0 radical (unpaired) electrons. The number of likely N-dealkylation sites (tertiary alicyclic amines) is 1. The van der Waals surface area contributed by atoms with Gasteiger partial charge in [-0.25, -0.2) is 0 Å². The summed E-state index contributed by atoms with van der Waals surface area (Å²) in [7, 11) is 5.61. The van der Waals surface area contributed by atoms with Gasteiger partial charge in [-0.1, -0.05) is 18.2 Å². The highest BCUT2D eigenvalue weighted by atomic mass is 35.5. The molecule has 0 unspecified atom stereocenters. The topological polar surface area (TPSA) is 30.9 Å². The molecule has 3 rings (SSSR count). The molecule has 0 N–H and O–H groups in total. The Morgan fingerprint density at radius 3 is 2.38 bits per heavy atom. The Morgan fingerprint density at radius 2 is 1.72 bits per heavy atom. The zero-order valence-electron chi connectivity index (χ0n) is 17.9. The van der Waals surface area contributed by atoms with E-state index in [0.717, 1.165) is 49.2 Å². The predicted molar refractivity (Wildman–Crippen MR) is 121 cm³/mol. The first-order valence-corrected chi connectivity index (χ1v) is 10.3. The number of methoxy groups -OCH3 is 2. The molecule has 4 nitrogen and oxygen atoms in total. The normalized spacial score (nSPS) is 16.3. The fourth-order valence-corrected chi connectivity index (χ4v) is 3.99. The molecule has 1 aliphatic rings. The van der Waals surface area contributed by atoms with Crippen LogP contribution in [0.1, 0.15) is 36.8 Å². The van der Waals surface area contributed by atoms with E-state index in [0.29, 0.717) is 0 Å². The van der Waals surface area contributed by atoms with E-state index < -0.39 is 0 Å². The van der Waals surface area contributed by atoms with Crippen LogP contribution in [0.3, 0.4) is 0 Å². The summed E-state index contributed by atoms with van der Waals surface area (Å²) in [5.74, 6) is 2.67. The van der Waals surface area contributed by atoms with Crippen LogP contribution in [0.5, 0.6) is 17.2 Å². The lowest BCUT2D eigenvalue weighted by molar-refractivity contribution is 0.254. The van der Waals surface area contributed by atoms with Gasteiger partial charge in [-0.05, 0) is 81.4 Å². The minimum atomic E-state index is 0. The van der Waals surface area contributed by atoms with Crippen molar-refractivity contribution in [3.05, 3.63) is 53.6 Å². The molecule has 160 valence electrons. The molecule has 2 aromatic rings. The largest absolute Gasteiger partial charge is 0.497 e. The van der Waals surface area contributed by atoms with Gasteiger partial charge in [-0.3, -0.25) is 0 Å². The van der Waals surface area contributed by atoms with E-state index in [1.807, 2.05) is 6.07 Å². The van der Waals surface area contributed by atoms with Gasteiger partial charge in [0.05, 0.1) is 20.8 Å². The van der Waals surface area contributed by atoms with Gasteiger partial charge in [-0.2, -0.15) is 0 Å². The van der Waals surface area contributed by atoms with E-state index in [-0.39, 0.29) is 12.4 Å². The van der Waals surface area contributed by atoms with Gasteiger partial charge in [0.1, 0.15) is 17.2 Å². The summed E-state index contributed by atoms with van der Waals surface area (Å²) >= 11 is 0. The van der Waals surface area contributed by atoms with Crippen molar-refractivity contribution in [2.24, 2.45) is 0 Å². The van der Waals surface area contributed by atoms with E-state index in [4.69, 9.17) is 14.2 Å². The second-order valence-corrected chi connectivity index (χ2v) is 7.60. The highest BCUT2D eigenvalue weighted by Gasteiger charge is 2.19. The number of halogens is 1. The Hall–Kier alpha value is -1.91. The summed E-state index contributed by atoms with van der Waals surface area (Å²) in [6.07, 6.45) is 6.84. The van der Waals surface area contributed by atoms with Crippen molar-refractivity contribution < 1.29 is 14.2 Å². The monoisotopic (exact) mass is 419 g/mol. The number of ether oxygens (including phenoxy) is 3. The fourth-order valence-electron chi connectivity index (χ4n) is 3.99. The van der Waals surface area contributed by atoms with Crippen LogP contribution >= 0.6 is 12.4 Å². The van der Waals surface area contributed by atoms with Crippen molar-refractivity contribution in [2.45, 2.75) is 44.6 Å². The van der Waals surface area contributed by atoms with E-state index in [1.165, 1.54) is 36.9 Å². The quantitative estimate of drug-likeness (QED) is 0.497. The fraction of sp³-hybridized carbons (Fsp3) is 0.500. The van der Waals surface area contributed by atoms with Crippen LogP contribution in [0.4, 0.5) is 0 Å². The zero-order chi connectivity index (χ0) is 19.8. The SMILES string of the molecule is COc1cc(CCc2ccccc2OCCC[C@@H]2CCCN2C)cc(OC)c1.Cl. The van der Waals surface area contributed by atoms with Gasteiger partial charge in [0, 0.05) is 12.1 Å². The lowest BCUT2D eigenvalue weighted by atomic mass is 10.0. The highest BCUT2D eigenvalue weighted by Crippen LogP contribution is 2.26. The first-order chi connectivity index (χ1) is 13.7. The number of para-hydroxylation sites is 1. The third kappa shape index (κ3) is 6.83. The molecule has 1 heterocycles. The maximum Gasteiger partial charge on any atom is 0.122 e. The Bertz CT molecular complexity index is 730. The average molecular weight is 420 g/mol. The van der Waals surface area contributed by atoms with Crippen LogP contribution < -0.4 is 14.2 Å². The minimum Gasteiger partial charge on any atom is -0.497 e. The van der Waals surface area contributed by atoms with Gasteiger partial charge in [-0.15, -0.1) is 12.4 Å². The molecule has 0 amide bonds. The zero-order valence-corrected chi connectivity index (χ0v) is 18.7. The van der Waals surface area contributed by atoms with Crippen LogP contribution in [0, 0.1) is 0 Å². The molecule has 0 saturated carbocycles. The first kappa shape index (κ1) is 23.4. The number of rotatable bonds is 10. The van der Waals surface area contributed by atoms with Gasteiger partial charge in [0.15, 0.2) is 0 Å². The molecular weight excluding hydrogens is 386 g/mol. The van der Waals surface area contributed by atoms with E-state index in [9.17, 15) is 0 Å². The van der Waals surface area contributed by atoms with Crippen molar-refractivity contribution in [1.29, 1.82) is 0 Å². The van der Waals surface area contributed by atoms with Crippen molar-refractivity contribution in [3.8, 4) is 17.2 Å². The third-order valence-corrected chi connectivity index (χ3v) is 5.68. The maximum atomic E-state index is 6.14. The lowest BCUT2D eigenvalue weighted by Gasteiger charge is -2.19. The van der Waals surface area contributed by atoms with E-state index in [2.05, 4.69) is 48.3 Å². The van der Waals surface area contributed by atoms with Crippen molar-refractivity contribution >= 4 is 12.4 Å². The predicted octanol–water partition coefficient (Wildman–Crippen LogP) is 5.16. The molecule has 0 aliphatic carbocycles. The second-order valence-electron chi connectivity index (χ2n) is 7.60. The van der Waals surface area contributed by atoms with E-state index in [1.54, 1.807) is 14.2 Å². The molecule has 0 spiro atoms. The first-order valence-electron chi connectivity index (χ1n) is 10.3. The smallest absolute Gasteiger partial charge is 0.122 e. The van der Waals surface area contributed by atoms with Crippen LogP contribution in [0.15, 0.2) is 42.5 Å². The molecule has 2 aromatic carbocycles. The van der Waals surface area contributed by atoms with Crippen LogP contribution in [-0.4, -0.2) is 45.4 Å². The van der Waals surface area contributed by atoms with E-state index >= 15 is 0 Å². The summed E-state index contributed by atoms with van der Waals surface area (Å²) in [4.78, 5) is 2.48. The Balaban J connectivity index is 0.00000300. The van der Waals surface area contributed by atoms with Gasteiger partial charge >= 0.3 is 0 Å². The number of hydrogen-bond donors (Lipinski definition) is 0. The molecule has 29 heavy (non-hydrogen) atoms. The Morgan fingerprint density at radius 1 is 1.00 bits per heavy atom. The van der Waals surface area contributed by atoms with Gasteiger partial charge in [0.25, 0.3) is 0 Å². The molecule has 0 aromatic heterocycles. The number of aryl methyl sites for hydroxylation is 2. The molecule has 0 bridgehead atoms. The molecule has 5 heteroatoms. The summed E-state index contributed by atoms with van der Waals surface area (Å²) < 4.78 is 16.9. The standard InChI is InChI=1S/C24H33NO3.ClH/c1-25-14-6-9-21(25)10-7-15-28-24-11-5-4-8-20(24)13-12-19-16-22(26-2)18-23(17-19)27-3;/h4-5,8,11,16-18,21H,6-7,9-10,12-15H2,1-3H3;1H/t21-;/m0./s1. The Labute approximate surface area is 181 Å². The van der Waals surface area contributed by atoms with Crippen LogP contribution in [0.25, 0.3) is 0 Å². The van der Waals surface area contributed by atoms with Gasteiger partial charge in [0.2, 0.25) is 0 Å². The second kappa shape index (κ2) is 11.9. The summed E-state index contributed by atoms with van der Waals surface area (Å²) in [6, 6.07) is 15.2. The lowest BCUT2D eigenvalue weighted by Crippen LogP contribution is -2.25. The van der Waals surface area contributed by atoms with Crippen LogP contribution in [0.2, 0.25) is 0 Å². The molecule has 1 atom stereocenters. The third-order valence-electron chi connectivity index (χ3n) is 5.68. The minimum absolute atomic E-state index is 0. The summed E-state index contributed by atoms with van der Waals surface area (Å²) in [5.41, 5.74) is 2.46. The number of nitrogens with zero attached hydrogens (tertiary/aromatic N) is 1. The van der Waals surface area contributed by atoms with Gasteiger partial charge < -0.3 is 19.1 Å².